The number of nitrogens with one attached hydrogen (secondary N) is 1. The van der Waals surface area contributed by atoms with Crippen LogP contribution in [0.4, 0.5) is 0 Å². The Morgan fingerprint density at radius 3 is 3.12 bits per heavy atom. The number of fused-ring (bicyclic) bond motifs is 1. The molecule has 4 heteroatoms. The minimum absolute atomic E-state index is 0.202. The molecular weight excluding hydrogens is 204 g/mol. The van der Waals surface area contributed by atoms with Crippen LogP contribution in [0.5, 0.6) is 0 Å². The van der Waals surface area contributed by atoms with Crippen molar-refractivity contribution in [3.63, 3.8) is 0 Å². The van der Waals surface area contributed by atoms with Gasteiger partial charge in [0.15, 0.2) is 0 Å². The third kappa shape index (κ3) is 1.91. The smallest absolute Gasteiger partial charge is 0.310 e. The third-order valence-electron chi connectivity index (χ3n) is 2.50. The number of carbonyl (C=O) groups is 1. The molecule has 2 heterocycles. The van der Waals surface area contributed by atoms with Gasteiger partial charge in [-0.05, 0) is 31.0 Å². The molecule has 84 valence electrons. The average Bonchev–Trinajstić information content (AvgIpc) is 2.63. The maximum absolute atomic E-state index is 11.4. The lowest BCUT2D eigenvalue weighted by atomic mass is 10.1. The lowest BCUT2D eigenvalue weighted by molar-refractivity contribution is -0.142. The summed E-state index contributed by atoms with van der Waals surface area (Å²) in [6.07, 6.45) is 3.87. The van der Waals surface area contributed by atoms with Crippen LogP contribution in [0.25, 0.3) is 11.0 Å². The molecule has 16 heavy (non-hydrogen) atoms. The van der Waals surface area contributed by atoms with Crippen LogP contribution in [0.15, 0.2) is 18.5 Å². The molecule has 0 saturated heterocycles. The van der Waals surface area contributed by atoms with Crippen molar-refractivity contribution in [2.24, 2.45) is 0 Å². The topological polar surface area (TPSA) is 55.0 Å². The van der Waals surface area contributed by atoms with Gasteiger partial charge in [-0.25, -0.2) is 4.98 Å². The zero-order valence-corrected chi connectivity index (χ0v) is 9.41. The van der Waals surface area contributed by atoms with Crippen LogP contribution < -0.4 is 0 Å². The third-order valence-corrected chi connectivity index (χ3v) is 2.50. The van der Waals surface area contributed by atoms with Gasteiger partial charge in [-0.15, -0.1) is 0 Å². The van der Waals surface area contributed by atoms with Gasteiger partial charge in [-0.1, -0.05) is 0 Å². The normalized spacial score (nSPS) is 10.6. The highest BCUT2D eigenvalue weighted by molar-refractivity contribution is 5.87. The van der Waals surface area contributed by atoms with Crippen molar-refractivity contribution in [3.8, 4) is 0 Å². The molecule has 0 aliphatic heterocycles. The number of hydrogen-bond donors (Lipinski definition) is 1. The molecule has 4 nitrogen and oxygen atoms in total. The first-order chi connectivity index (χ1) is 7.72. The summed E-state index contributed by atoms with van der Waals surface area (Å²) in [4.78, 5) is 18.7. The number of ether oxygens (including phenoxy) is 1. The van der Waals surface area contributed by atoms with E-state index in [1.807, 2.05) is 19.2 Å². The van der Waals surface area contributed by atoms with Gasteiger partial charge in [-0.2, -0.15) is 0 Å². The average molecular weight is 218 g/mol. The predicted octanol–water partition coefficient (Wildman–Crippen LogP) is 1.98. The minimum atomic E-state index is -0.202. The van der Waals surface area contributed by atoms with Crippen LogP contribution in [0, 0.1) is 6.92 Å². The number of rotatable bonds is 3. The highest BCUT2D eigenvalue weighted by Crippen LogP contribution is 2.20. The zero-order chi connectivity index (χ0) is 11.5. The highest BCUT2D eigenvalue weighted by atomic mass is 16.5. The number of pyridine rings is 1. The summed E-state index contributed by atoms with van der Waals surface area (Å²) in [5.74, 6) is -0.202. The van der Waals surface area contributed by atoms with Crippen LogP contribution in [0.3, 0.4) is 0 Å². The van der Waals surface area contributed by atoms with Gasteiger partial charge in [0.25, 0.3) is 0 Å². The molecule has 0 aliphatic carbocycles. The van der Waals surface area contributed by atoms with Crippen LogP contribution in [0.1, 0.15) is 18.1 Å². The van der Waals surface area contributed by atoms with Crippen molar-refractivity contribution < 1.29 is 9.53 Å². The second kappa shape index (κ2) is 4.35. The van der Waals surface area contributed by atoms with Gasteiger partial charge in [-0.3, -0.25) is 4.79 Å². The fourth-order valence-electron chi connectivity index (χ4n) is 1.81. The van der Waals surface area contributed by atoms with Gasteiger partial charge in [0, 0.05) is 17.8 Å². The maximum atomic E-state index is 11.4. The van der Waals surface area contributed by atoms with Crippen molar-refractivity contribution in [2.75, 3.05) is 6.61 Å². The highest BCUT2D eigenvalue weighted by Gasteiger charge is 2.11. The van der Waals surface area contributed by atoms with E-state index in [1.54, 1.807) is 13.1 Å². The molecule has 1 N–H and O–H groups in total. The summed E-state index contributed by atoms with van der Waals surface area (Å²) < 4.78 is 4.93. The van der Waals surface area contributed by atoms with Gasteiger partial charge in [0.1, 0.15) is 5.65 Å². The van der Waals surface area contributed by atoms with Gasteiger partial charge >= 0.3 is 5.97 Å². The number of H-pyrrole nitrogens is 1. The van der Waals surface area contributed by atoms with Crippen LogP contribution >= 0.6 is 0 Å². The number of aryl methyl sites for hydroxylation is 1. The lowest BCUT2D eigenvalue weighted by Gasteiger charge is -2.01. The second-order valence-corrected chi connectivity index (χ2v) is 3.65. The number of carbonyl (C=O) groups excluding carboxylic acids is 1. The van der Waals surface area contributed by atoms with E-state index in [2.05, 4.69) is 9.97 Å². The Kier molecular flexibility index (Phi) is 2.90. The molecule has 0 amide bonds. The van der Waals surface area contributed by atoms with Crippen molar-refractivity contribution >= 4 is 17.0 Å². The number of hydrogen-bond acceptors (Lipinski definition) is 3. The fourth-order valence-corrected chi connectivity index (χ4v) is 1.81. The minimum Gasteiger partial charge on any atom is -0.466 e. The van der Waals surface area contributed by atoms with Crippen LogP contribution in [-0.2, 0) is 16.0 Å². The maximum Gasteiger partial charge on any atom is 0.310 e. The second-order valence-electron chi connectivity index (χ2n) is 3.65. The van der Waals surface area contributed by atoms with E-state index in [4.69, 9.17) is 4.74 Å². The lowest BCUT2D eigenvalue weighted by Crippen LogP contribution is -2.07. The van der Waals surface area contributed by atoms with Crippen LogP contribution in [0.2, 0.25) is 0 Å². The molecular formula is C12H14N2O2. The Morgan fingerprint density at radius 1 is 1.56 bits per heavy atom. The standard InChI is InChI=1S/C12H14N2O2/c1-3-16-10(15)6-9-7-14-12-11(9)8(2)4-5-13-12/h4-5,7H,3,6H2,1-2H3,(H,13,14). The SMILES string of the molecule is CCOC(=O)Cc1c[nH]c2nccc(C)c12. The summed E-state index contributed by atoms with van der Waals surface area (Å²) in [5, 5.41) is 1.02. The number of aromatic nitrogens is 2. The largest absolute Gasteiger partial charge is 0.466 e. The Morgan fingerprint density at radius 2 is 2.38 bits per heavy atom. The molecule has 2 rings (SSSR count). The Bertz CT molecular complexity index is 517. The monoisotopic (exact) mass is 218 g/mol. The molecule has 0 aromatic carbocycles. The first kappa shape index (κ1) is 10.7. The molecule has 0 fully saturated rings. The van der Waals surface area contributed by atoms with E-state index in [1.165, 1.54) is 0 Å². The molecule has 2 aromatic heterocycles. The van der Waals surface area contributed by atoms with Crippen molar-refractivity contribution in [2.45, 2.75) is 20.3 Å². The molecule has 0 saturated carbocycles. The molecule has 0 atom stereocenters. The summed E-state index contributed by atoms with van der Waals surface area (Å²) >= 11 is 0. The summed E-state index contributed by atoms with van der Waals surface area (Å²) in [6, 6.07) is 1.94. The molecule has 0 bridgehead atoms. The number of aromatic amines is 1. The van der Waals surface area contributed by atoms with E-state index in [0.29, 0.717) is 13.0 Å². The Labute approximate surface area is 93.6 Å². The summed E-state index contributed by atoms with van der Waals surface area (Å²) in [6.45, 7) is 4.23. The summed E-state index contributed by atoms with van der Waals surface area (Å²) in [7, 11) is 0. The van der Waals surface area contributed by atoms with Crippen molar-refractivity contribution in [1.29, 1.82) is 0 Å². The fraction of sp³-hybridized carbons (Fsp3) is 0.333. The molecule has 0 radical (unpaired) electrons. The number of nitrogens with zero attached hydrogens (tertiary/aromatic N) is 1. The number of esters is 1. The van der Waals surface area contributed by atoms with Crippen molar-refractivity contribution in [3.05, 3.63) is 29.6 Å². The van der Waals surface area contributed by atoms with Gasteiger partial charge < -0.3 is 9.72 Å². The van der Waals surface area contributed by atoms with Gasteiger partial charge in [0.2, 0.25) is 0 Å². The molecule has 2 aromatic rings. The first-order valence-corrected chi connectivity index (χ1v) is 5.29. The predicted molar refractivity (Wildman–Crippen MR) is 61.2 cm³/mol. The van der Waals surface area contributed by atoms with E-state index in [9.17, 15) is 4.79 Å². The summed E-state index contributed by atoms with van der Waals surface area (Å²) in [5.41, 5.74) is 2.88. The van der Waals surface area contributed by atoms with E-state index in [0.717, 1.165) is 22.2 Å². The molecule has 0 unspecified atom stereocenters. The van der Waals surface area contributed by atoms with Gasteiger partial charge in [0.05, 0.1) is 13.0 Å². The van der Waals surface area contributed by atoms with E-state index in [-0.39, 0.29) is 5.97 Å². The molecule has 0 spiro atoms. The van der Waals surface area contributed by atoms with E-state index < -0.39 is 0 Å². The quantitative estimate of drug-likeness (QED) is 0.801. The zero-order valence-electron chi connectivity index (χ0n) is 9.41. The van der Waals surface area contributed by atoms with Crippen LogP contribution in [-0.4, -0.2) is 22.5 Å². The molecule has 0 aliphatic rings. The Balaban J connectivity index is 2.34. The van der Waals surface area contributed by atoms with E-state index >= 15 is 0 Å². The first-order valence-electron chi connectivity index (χ1n) is 5.29. The van der Waals surface area contributed by atoms with Crippen molar-refractivity contribution in [1.82, 2.24) is 9.97 Å². The Hall–Kier alpha value is -1.84.